The molecule has 0 aliphatic heterocycles. The molecule has 1 aromatic heterocycles. The Morgan fingerprint density at radius 2 is 2.33 bits per heavy atom. The van der Waals surface area contributed by atoms with Crippen molar-refractivity contribution in [2.45, 2.75) is 19.8 Å². The monoisotopic (exact) mass is 161 g/mol. The molecule has 0 atom stereocenters. The molecule has 1 aromatic rings. The lowest BCUT2D eigenvalue weighted by atomic mass is 10.1. The summed E-state index contributed by atoms with van der Waals surface area (Å²) in [6.07, 6.45) is 3.84. The average molecular weight is 161 g/mol. The first-order chi connectivity index (χ1) is 5.77. The van der Waals surface area contributed by atoms with Crippen LogP contribution in [0.25, 0.3) is 0 Å². The van der Waals surface area contributed by atoms with Gasteiger partial charge in [0.25, 0.3) is 0 Å². The Bertz CT molecular complexity index is 315. The molecule has 2 nitrogen and oxygen atoms in total. The first-order valence-corrected chi connectivity index (χ1v) is 4.24. The van der Waals surface area contributed by atoms with Crippen molar-refractivity contribution in [3.05, 3.63) is 29.6 Å². The minimum atomic E-state index is 0.292. The van der Waals surface area contributed by atoms with Crippen LogP contribution in [0.1, 0.15) is 28.9 Å². The largest absolute Gasteiger partial charge is 0.294 e. The van der Waals surface area contributed by atoms with Gasteiger partial charge in [0.05, 0.1) is 0 Å². The highest BCUT2D eigenvalue weighted by molar-refractivity contribution is 5.99. The summed E-state index contributed by atoms with van der Waals surface area (Å²) in [4.78, 5) is 15.6. The smallest absolute Gasteiger partial charge is 0.166 e. The van der Waals surface area contributed by atoms with Gasteiger partial charge < -0.3 is 0 Å². The molecule has 0 amide bonds. The van der Waals surface area contributed by atoms with Gasteiger partial charge in [-0.1, -0.05) is 0 Å². The fourth-order valence-corrected chi connectivity index (χ4v) is 1.28. The highest BCUT2D eigenvalue weighted by Gasteiger charge is 2.30. The van der Waals surface area contributed by atoms with Crippen LogP contribution in [0.4, 0.5) is 0 Å². The second-order valence-electron chi connectivity index (χ2n) is 3.32. The maximum absolute atomic E-state index is 11.5. The maximum Gasteiger partial charge on any atom is 0.166 e. The summed E-state index contributed by atoms with van der Waals surface area (Å²) in [5.74, 6) is 0.604. The van der Waals surface area contributed by atoms with Gasteiger partial charge in [-0.3, -0.25) is 9.78 Å². The molecule has 0 radical (unpaired) electrons. The van der Waals surface area contributed by atoms with Crippen molar-refractivity contribution in [1.29, 1.82) is 0 Å². The van der Waals surface area contributed by atoms with E-state index in [1.54, 1.807) is 12.3 Å². The number of nitrogens with zero attached hydrogens (tertiary/aromatic N) is 1. The molecule has 0 bridgehead atoms. The lowest BCUT2D eigenvalue weighted by Gasteiger charge is -1.98. The van der Waals surface area contributed by atoms with E-state index in [4.69, 9.17) is 0 Å². The van der Waals surface area contributed by atoms with Crippen LogP contribution in [0.2, 0.25) is 0 Å². The summed E-state index contributed by atoms with van der Waals surface area (Å²) in [6, 6.07) is 3.66. The van der Waals surface area contributed by atoms with Crippen molar-refractivity contribution >= 4 is 5.78 Å². The second kappa shape index (κ2) is 2.70. The zero-order chi connectivity index (χ0) is 8.55. The van der Waals surface area contributed by atoms with Gasteiger partial charge in [0, 0.05) is 23.4 Å². The zero-order valence-electron chi connectivity index (χ0n) is 7.08. The molecular weight excluding hydrogens is 150 g/mol. The number of hydrogen-bond acceptors (Lipinski definition) is 2. The van der Waals surface area contributed by atoms with Crippen LogP contribution in [-0.2, 0) is 0 Å². The number of rotatable bonds is 2. The zero-order valence-corrected chi connectivity index (χ0v) is 7.08. The molecule has 1 saturated carbocycles. The Kier molecular flexibility index (Phi) is 1.68. The van der Waals surface area contributed by atoms with E-state index in [1.165, 1.54) is 0 Å². The summed E-state index contributed by atoms with van der Waals surface area (Å²) < 4.78 is 0. The number of carbonyl (C=O) groups is 1. The van der Waals surface area contributed by atoms with Crippen molar-refractivity contribution in [2.24, 2.45) is 5.92 Å². The van der Waals surface area contributed by atoms with Crippen LogP contribution in [0.5, 0.6) is 0 Å². The first kappa shape index (κ1) is 7.47. The van der Waals surface area contributed by atoms with E-state index in [9.17, 15) is 4.79 Å². The molecule has 1 aliphatic carbocycles. The Morgan fingerprint density at radius 1 is 1.58 bits per heavy atom. The molecule has 1 fully saturated rings. The van der Waals surface area contributed by atoms with Gasteiger partial charge in [0.1, 0.15) is 0 Å². The molecule has 0 saturated heterocycles. The van der Waals surface area contributed by atoms with Crippen molar-refractivity contribution in [3.8, 4) is 0 Å². The minimum absolute atomic E-state index is 0.292. The Hall–Kier alpha value is -1.18. The van der Waals surface area contributed by atoms with E-state index in [1.807, 2.05) is 13.0 Å². The molecule has 2 heteroatoms. The quantitative estimate of drug-likeness (QED) is 0.621. The Morgan fingerprint density at radius 3 is 2.92 bits per heavy atom. The third kappa shape index (κ3) is 1.37. The number of Topliss-reactive ketones (excluding diaryl/α,β-unsaturated/α-hetero) is 1. The molecular formula is C10H11NO. The fraction of sp³-hybridized carbons (Fsp3) is 0.400. The van der Waals surface area contributed by atoms with E-state index in [2.05, 4.69) is 4.98 Å². The number of ketones is 1. The number of carbonyl (C=O) groups excluding carboxylic acids is 1. The van der Waals surface area contributed by atoms with Crippen LogP contribution in [0, 0.1) is 12.8 Å². The van der Waals surface area contributed by atoms with Crippen LogP contribution in [0.3, 0.4) is 0 Å². The summed E-state index contributed by atoms with van der Waals surface area (Å²) >= 11 is 0. The molecule has 0 unspecified atom stereocenters. The van der Waals surface area contributed by atoms with E-state index in [0.29, 0.717) is 11.7 Å². The molecule has 0 spiro atoms. The van der Waals surface area contributed by atoms with Crippen LogP contribution >= 0.6 is 0 Å². The summed E-state index contributed by atoms with van der Waals surface area (Å²) in [7, 11) is 0. The lowest BCUT2D eigenvalue weighted by Crippen LogP contribution is -2.01. The third-order valence-corrected chi connectivity index (χ3v) is 2.13. The summed E-state index contributed by atoms with van der Waals surface area (Å²) in [5.41, 5.74) is 1.74. The predicted octanol–water partition coefficient (Wildman–Crippen LogP) is 1.98. The van der Waals surface area contributed by atoms with Crippen LogP contribution < -0.4 is 0 Å². The molecule has 0 N–H and O–H groups in total. The number of aromatic nitrogens is 1. The fourth-order valence-electron chi connectivity index (χ4n) is 1.28. The molecule has 12 heavy (non-hydrogen) atoms. The SMILES string of the molecule is Cc1cc(C(=O)C2CC2)ccn1. The van der Waals surface area contributed by atoms with Gasteiger partial charge in [0.2, 0.25) is 0 Å². The van der Waals surface area contributed by atoms with Crippen molar-refractivity contribution in [1.82, 2.24) is 4.98 Å². The topological polar surface area (TPSA) is 30.0 Å². The van der Waals surface area contributed by atoms with E-state index in [-0.39, 0.29) is 0 Å². The van der Waals surface area contributed by atoms with Crippen molar-refractivity contribution < 1.29 is 4.79 Å². The van der Waals surface area contributed by atoms with Gasteiger partial charge in [0.15, 0.2) is 5.78 Å². The molecule has 0 aromatic carbocycles. The van der Waals surface area contributed by atoms with Gasteiger partial charge in [-0.2, -0.15) is 0 Å². The molecule has 1 aliphatic rings. The minimum Gasteiger partial charge on any atom is -0.294 e. The normalized spacial score (nSPS) is 16.1. The maximum atomic E-state index is 11.5. The Labute approximate surface area is 71.6 Å². The van der Waals surface area contributed by atoms with Gasteiger partial charge in [-0.05, 0) is 31.9 Å². The van der Waals surface area contributed by atoms with Crippen molar-refractivity contribution in [2.75, 3.05) is 0 Å². The number of aryl methyl sites for hydroxylation is 1. The highest BCUT2D eigenvalue weighted by Crippen LogP contribution is 2.32. The summed E-state index contributed by atoms with van der Waals surface area (Å²) in [5, 5.41) is 0. The highest BCUT2D eigenvalue weighted by atomic mass is 16.1. The van der Waals surface area contributed by atoms with Gasteiger partial charge >= 0.3 is 0 Å². The van der Waals surface area contributed by atoms with E-state index in [0.717, 1.165) is 24.1 Å². The molecule has 1 heterocycles. The number of pyridine rings is 1. The second-order valence-corrected chi connectivity index (χ2v) is 3.32. The molecule has 2 rings (SSSR count). The molecule has 62 valence electrons. The first-order valence-electron chi connectivity index (χ1n) is 4.24. The average Bonchev–Trinajstić information content (AvgIpc) is 2.85. The van der Waals surface area contributed by atoms with E-state index >= 15 is 0 Å². The van der Waals surface area contributed by atoms with Crippen LogP contribution in [0.15, 0.2) is 18.3 Å². The lowest BCUT2D eigenvalue weighted by molar-refractivity contribution is 0.0967. The van der Waals surface area contributed by atoms with Crippen molar-refractivity contribution in [3.63, 3.8) is 0 Å². The van der Waals surface area contributed by atoms with Gasteiger partial charge in [-0.15, -0.1) is 0 Å². The summed E-state index contributed by atoms with van der Waals surface area (Å²) in [6.45, 7) is 1.91. The van der Waals surface area contributed by atoms with Gasteiger partial charge in [-0.25, -0.2) is 0 Å². The predicted molar refractivity (Wildman–Crippen MR) is 46.0 cm³/mol. The number of hydrogen-bond donors (Lipinski definition) is 0. The standard InChI is InChI=1S/C10H11NO/c1-7-6-9(4-5-11-7)10(12)8-2-3-8/h4-6,8H,2-3H2,1H3. The third-order valence-electron chi connectivity index (χ3n) is 2.13. The van der Waals surface area contributed by atoms with E-state index < -0.39 is 0 Å². The Balaban J connectivity index is 2.26. The van der Waals surface area contributed by atoms with Crippen LogP contribution in [-0.4, -0.2) is 10.8 Å².